The van der Waals surface area contributed by atoms with Gasteiger partial charge in [-0.15, -0.1) is 0 Å². The number of nitrogens with one attached hydrogen (secondary N) is 3. The summed E-state index contributed by atoms with van der Waals surface area (Å²) in [7, 11) is 1.64. The summed E-state index contributed by atoms with van der Waals surface area (Å²) in [5.41, 5.74) is 5.18. The summed E-state index contributed by atoms with van der Waals surface area (Å²) >= 11 is 0. The zero-order chi connectivity index (χ0) is 28.3. The fourth-order valence-corrected chi connectivity index (χ4v) is 5.44. The van der Waals surface area contributed by atoms with E-state index in [4.69, 9.17) is 9.47 Å². The van der Waals surface area contributed by atoms with Crippen molar-refractivity contribution in [3.63, 3.8) is 0 Å². The average molecular weight is 551 g/mol. The van der Waals surface area contributed by atoms with E-state index in [0.717, 1.165) is 61.0 Å². The molecule has 10 nitrogen and oxygen atoms in total. The first-order valence-corrected chi connectivity index (χ1v) is 14.3. The normalized spacial score (nSPS) is 15.0. The summed E-state index contributed by atoms with van der Waals surface area (Å²) in [6.07, 6.45) is 8.59. The van der Waals surface area contributed by atoms with Crippen molar-refractivity contribution in [2.24, 2.45) is 5.92 Å². The number of H-pyrrole nitrogens is 1. The minimum atomic E-state index is -0.635. The van der Waals surface area contributed by atoms with Crippen LogP contribution in [0.4, 0.5) is 5.69 Å². The number of benzene rings is 1. The van der Waals surface area contributed by atoms with E-state index in [-0.39, 0.29) is 17.7 Å². The van der Waals surface area contributed by atoms with Crippen LogP contribution in [0.1, 0.15) is 66.8 Å². The van der Waals surface area contributed by atoms with Crippen LogP contribution in [0, 0.1) is 19.8 Å². The summed E-state index contributed by atoms with van der Waals surface area (Å²) in [5, 5.41) is 17.8. The van der Waals surface area contributed by atoms with Crippen molar-refractivity contribution < 1.29 is 19.1 Å². The molecule has 0 saturated heterocycles. The molecule has 1 aliphatic carbocycles. The van der Waals surface area contributed by atoms with Crippen molar-refractivity contribution in [3.8, 4) is 11.1 Å². The standard InChI is InChI=1S/C30H42N6O4/c1-21-27(22(2)35-34-21)23-11-13-25(14-12-23)32-30(38)28(24-9-6-4-5-7-10-24)33-29(37)26-15-16-31-36(26)17-8-18-40-20-19-39-3/h11-16,24,28H,4-10,17-20H2,1-3H3,(H,32,38)(H,33,37)(H,34,35)/t28-/m0/s1. The first-order chi connectivity index (χ1) is 19.5. The van der Waals surface area contributed by atoms with Crippen LogP contribution >= 0.6 is 0 Å². The molecule has 0 spiro atoms. The van der Waals surface area contributed by atoms with Crippen LogP contribution in [-0.2, 0) is 20.8 Å². The van der Waals surface area contributed by atoms with Crippen LogP contribution < -0.4 is 10.6 Å². The molecule has 1 aliphatic rings. The van der Waals surface area contributed by atoms with Crippen molar-refractivity contribution in [2.45, 2.75) is 71.4 Å². The Balaban J connectivity index is 1.43. The molecule has 2 amide bonds. The predicted molar refractivity (Wildman–Crippen MR) is 154 cm³/mol. The molecular formula is C30H42N6O4. The summed E-state index contributed by atoms with van der Waals surface area (Å²) in [6.45, 7) is 6.15. The van der Waals surface area contributed by atoms with E-state index in [2.05, 4.69) is 25.9 Å². The van der Waals surface area contributed by atoms with Gasteiger partial charge in [0.25, 0.3) is 5.91 Å². The predicted octanol–water partition coefficient (Wildman–Crippen LogP) is 4.65. The van der Waals surface area contributed by atoms with Crippen LogP contribution in [0.15, 0.2) is 36.5 Å². The second-order valence-corrected chi connectivity index (χ2v) is 10.5. The molecule has 3 aromatic rings. The zero-order valence-corrected chi connectivity index (χ0v) is 23.9. The van der Waals surface area contributed by atoms with E-state index < -0.39 is 6.04 Å². The van der Waals surface area contributed by atoms with Gasteiger partial charge in [0.2, 0.25) is 5.91 Å². The second kappa shape index (κ2) is 14.8. The number of amides is 2. The fourth-order valence-electron chi connectivity index (χ4n) is 5.44. The van der Waals surface area contributed by atoms with Gasteiger partial charge in [0.05, 0.1) is 18.9 Å². The topological polar surface area (TPSA) is 123 Å². The van der Waals surface area contributed by atoms with Crippen LogP contribution in [-0.4, -0.2) is 64.8 Å². The summed E-state index contributed by atoms with van der Waals surface area (Å²) < 4.78 is 12.2. The molecule has 1 atom stereocenters. The summed E-state index contributed by atoms with van der Waals surface area (Å²) in [5.74, 6) is -0.405. The molecule has 1 saturated carbocycles. The number of rotatable bonds is 13. The lowest BCUT2D eigenvalue weighted by Gasteiger charge is -2.26. The third-order valence-electron chi connectivity index (χ3n) is 7.55. The number of carbonyl (C=O) groups is 2. The SMILES string of the molecule is COCCOCCCn1nccc1C(=O)N[C@H](C(=O)Nc1ccc(-c2c(C)n[nH]c2C)cc1)C1CCCCCC1. The third kappa shape index (κ3) is 7.79. The van der Waals surface area contributed by atoms with Gasteiger partial charge >= 0.3 is 0 Å². The highest BCUT2D eigenvalue weighted by Gasteiger charge is 2.31. The molecule has 1 aromatic carbocycles. The van der Waals surface area contributed by atoms with E-state index >= 15 is 0 Å². The number of anilines is 1. The molecular weight excluding hydrogens is 508 g/mol. The number of ether oxygens (including phenoxy) is 2. The maximum Gasteiger partial charge on any atom is 0.270 e. The van der Waals surface area contributed by atoms with Crippen LogP contribution in [0.5, 0.6) is 0 Å². The molecule has 0 radical (unpaired) electrons. The van der Waals surface area contributed by atoms with Crippen LogP contribution in [0.3, 0.4) is 0 Å². The summed E-state index contributed by atoms with van der Waals surface area (Å²) in [6, 6.07) is 8.82. The Bertz CT molecular complexity index is 1210. The Morgan fingerprint density at radius 3 is 2.48 bits per heavy atom. The second-order valence-electron chi connectivity index (χ2n) is 10.5. The van der Waals surface area contributed by atoms with Gasteiger partial charge in [-0.2, -0.15) is 10.2 Å². The Morgan fingerprint density at radius 1 is 1.05 bits per heavy atom. The molecule has 3 N–H and O–H groups in total. The van der Waals surface area contributed by atoms with E-state index in [1.54, 1.807) is 24.1 Å². The lowest BCUT2D eigenvalue weighted by molar-refractivity contribution is -0.119. The monoisotopic (exact) mass is 550 g/mol. The van der Waals surface area contributed by atoms with Crippen LogP contribution in [0.25, 0.3) is 11.1 Å². The van der Waals surface area contributed by atoms with E-state index in [9.17, 15) is 9.59 Å². The van der Waals surface area contributed by atoms with Crippen molar-refractivity contribution in [1.82, 2.24) is 25.3 Å². The van der Waals surface area contributed by atoms with Gasteiger partial charge in [-0.1, -0.05) is 37.8 Å². The van der Waals surface area contributed by atoms with Crippen molar-refractivity contribution in [3.05, 3.63) is 53.6 Å². The average Bonchev–Trinajstić information content (AvgIpc) is 3.45. The Labute approximate surface area is 236 Å². The Morgan fingerprint density at radius 2 is 1.80 bits per heavy atom. The zero-order valence-electron chi connectivity index (χ0n) is 23.9. The fraction of sp³-hybridized carbons (Fsp3) is 0.533. The lowest BCUT2D eigenvalue weighted by atomic mass is 9.91. The molecule has 40 heavy (non-hydrogen) atoms. The number of aromatic nitrogens is 4. The smallest absolute Gasteiger partial charge is 0.270 e. The number of methoxy groups -OCH3 is 1. The van der Waals surface area contributed by atoms with Gasteiger partial charge in [0.15, 0.2) is 0 Å². The van der Waals surface area contributed by atoms with Gasteiger partial charge in [0, 0.05) is 43.4 Å². The molecule has 2 heterocycles. The highest BCUT2D eigenvalue weighted by molar-refractivity contribution is 6.00. The third-order valence-corrected chi connectivity index (χ3v) is 7.55. The highest BCUT2D eigenvalue weighted by Crippen LogP contribution is 2.28. The molecule has 4 rings (SSSR count). The maximum atomic E-state index is 13.6. The van der Waals surface area contributed by atoms with Gasteiger partial charge in [-0.3, -0.25) is 19.4 Å². The minimum absolute atomic E-state index is 0.0764. The molecule has 2 aromatic heterocycles. The number of carbonyl (C=O) groups excluding carboxylic acids is 2. The van der Waals surface area contributed by atoms with Crippen molar-refractivity contribution in [1.29, 1.82) is 0 Å². The van der Waals surface area contributed by atoms with E-state index in [1.165, 1.54) is 0 Å². The van der Waals surface area contributed by atoms with Gasteiger partial charge in [-0.25, -0.2) is 0 Å². The van der Waals surface area contributed by atoms with Gasteiger partial charge < -0.3 is 20.1 Å². The lowest BCUT2D eigenvalue weighted by Crippen LogP contribution is -2.49. The molecule has 216 valence electrons. The number of hydrogen-bond donors (Lipinski definition) is 3. The number of aryl methyl sites for hydroxylation is 3. The Hall–Kier alpha value is -3.50. The van der Waals surface area contributed by atoms with Gasteiger partial charge in [-0.05, 0) is 62.8 Å². The molecule has 1 fully saturated rings. The highest BCUT2D eigenvalue weighted by atomic mass is 16.5. The first-order valence-electron chi connectivity index (χ1n) is 14.3. The molecule has 0 aliphatic heterocycles. The molecule has 10 heteroatoms. The molecule has 0 bridgehead atoms. The summed E-state index contributed by atoms with van der Waals surface area (Å²) in [4.78, 5) is 27.1. The maximum absolute atomic E-state index is 13.6. The largest absolute Gasteiger partial charge is 0.382 e. The number of aromatic amines is 1. The quantitative estimate of drug-likeness (QED) is 0.210. The van der Waals surface area contributed by atoms with E-state index in [0.29, 0.717) is 44.2 Å². The van der Waals surface area contributed by atoms with Crippen molar-refractivity contribution in [2.75, 3.05) is 32.2 Å². The number of hydrogen-bond acceptors (Lipinski definition) is 6. The molecule has 0 unspecified atom stereocenters. The Kier molecular flexibility index (Phi) is 10.9. The minimum Gasteiger partial charge on any atom is -0.382 e. The van der Waals surface area contributed by atoms with Crippen molar-refractivity contribution >= 4 is 17.5 Å². The van der Waals surface area contributed by atoms with E-state index in [1.807, 2.05) is 38.1 Å². The first kappa shape index (κ1) is 29.5. The number of nitrogens with zero attached hydrogens (tertiary/aromatic N) is 3. The van der Waals surface area contributed by atoms with Crippen LogP contribution in [0.2, 0.25) is 0 Å². The van der Waals surface area contributed by atoms with Gasteiger partial charge in [0.1, 0.15) is 11.7 Å².